The summed E-state index contributed by atoms with van der Waals surface area (Å²) in [5.74, 6) is 0.338. The van der Waals surface area contributed by atoms with E-state index >= 15 is 0 Å². The lowest BCUT2D eigenvalue weighted by atomic mass is 10.0. The number of hydrogen-bond acceptors (Lipinski definition) is 6. The summed E-state index contributed by atoms with van der Waals surface area (Å²) < 4.78 is 35.2. The number of carbonyl (C=O) groups excluding carboxylic acids is 1. The maximum atomic E-state index is 13.8. The van der Waals surface area contributed by atoms with Gasteiger partial charge in [0.1, 0.15) is 5.76 Å². The number of anilines is 2. The maximum absolute atomic E-state index is 13.8. The highest BCUT2D eigenvalue weighted by Gasteiger charge is 2.30. The molecule has 7 nitrogen and oxygen atoms in total. The van der Waals surface area contributed by atoms with E-state index in [1.807, 2.05) is 50.2 Å². The van der Waals surface area contributed by atoms with E-state index < -0.39 is 10.0 Å². The fourth-order valence-corrected chi connectivity index (χ4v) is 7.62. The average molecular weight is 558 g/mol. The molecule has 3 heterocycles. The van der Waals surface area contributed by atoms with Crippen LogP contribution < -0.4 is 9.21 Å². The van der Waals surface area contributed by atoms with Gasteiger partial charge in [-0.3, -0.25) is 14.0 Å². The second-order valence-electron chi connectivity index (χ2n) is 9.73. The van der Waals surface area contributed by atoms with Gasteiger partial charge in [-0.1, -0.05) is 35.6 Å². The Morgan fingerprint density at radius 3 is 2.62 bits per heavy atom. The largest absolute Gasteiger partial charge is 0.467 e. The molecule has 39 heavy (non-hydrogen) atoms. The fraction of sp³-hybridized carbons (Fsp3) is 0.200. The first-order chi connectivity index (χ1) is 18.8. The Hall–Kier alpha value is -3.95. The van der Waals surface area contributed by atoms with Crippen LogP contribution in [-0.2, 0) is 23.0 Å². The molecule has 1 aliphatic heterocycles. The van der Waals surface area contributed by atoms with Crippen LogP contribution in [0.2, 0.25) is 0 Å². The highest BCUT2D eigenvalue weighted by Crippen LogP contribution is 2.35. The Balaban J connectivity index is 1.33. The molecule has 1 aliphatic rings. The number of aromatic nitrogens is 1. The Kier molecular flexibility index (Phi) is 6.48. The van der Waals surface area contributed by atoms with E-state index in [9.17, 15) is 13.2 Å². The van der Waals surface area contributed by atoms with E-state index in [-0.39, 0.29) is 17.3 Å². The number of hydrogen-bond donors (Lipinski definition) is 0. The zero-order valence-electron chi connectivity index (χ0n) is 21.6. The van der Waals surface area contributed by atoms with Crippen molar-refractivity contribution in [2.45, 2.75) is 38.1 Å². The molecule has 0 fully saturated rings. The SMILES string of the molecule is Cc1cc(C)c2sc(N(Cc3ccco3)C(=O)c3ccc(S(=O)(=O)N4CCCc5ccccc54)cc3)nc2c1. The number of benzene rings is 3. The van der Waals surface area contributed by atoms with Crippen molar-refractivity contribution < 1.29 is 17.6 Å². The summed E-state index contributed by atoms with van der Waals surface area (Å²) in [5.41, 5.74) is 5.16. The third-order valence-electron chi connectivity index (χ3n) is 6.94. The number of fused-ring (bicyclic) bond motifs is 2. The molecular formula is C30H27N3O4S2. The van der Waals surface area contributed by atoms with E-state index in [1.54, 1.807) is 29.4 Å². The predicted molar refractivity (Wildman–Crippen MR) is 154 cm³/mol. The van der Waals surface area contributed by atoms with Gasteiger partial charge in [0.2, 0.25) is 0 Å². The molecule has 6 rings (SSSR count). The topological polar surface area (TPSA) is 83.7 Å². The number of amides is 1. The second kappa shape index (κ2) is 9.98. The van der Waals surface area contributed by atoms with Gasteiger partial charge in [0.15, 0.2) is 5.13 Å². The molecule has 198 valence electrons. The number of para-hydroxylation sites is 1. The van der Waals surface area contributed by atoms with Crippen molar-refractivity contribution >= 4 is 48.3 Å². The van der Waals surface area contributed by atoms with Crippen molar-refractivity contribution in [3.8, 4) is 0 Å². The van der Waals surface area contributed by atoms with Gasteiger partial charge in [-0.25, -0.2) is 13.4 Å². The van der Waals surface area contributed by atoms with Gasteiger partial charge in [-0.15, -0.1) is 0 Å². The molecule has 0 radical (unpaired) electrons. The molecule has 9 heteroatoms. The van der Waals surface area contributed by atoms with Crippen molar-refractivity contribution in [1.82, 2.24) is 4.98 Å². The summed E-state index contributed by atoms with van der Waals surface area (Å²) in [4.78, 5) is 20.3. The van der Waals surface area contributed by atoms with Crippen LogP contribution in [-0.4, -0.2) is 25.9 Å². The molecular weight excluding hydrogens is 530 g/mol. The monoisotopic (exact) mass is 557 g/mol. The number of sulfonamides is 1. The van der Waals surface area contributed by atoms with Gasteiger partial charge in [0.25, 0.3) is 15.9 Å². The summed E-state index contributed by atoms with van der Waals surface area (Å²) in [6.07, 6.45) is 3.18. The van der Waals surface area contributed by atoms with Crippen LogP contribution >= 0.6 is 11.3 Å². The van der Waals surface area contributed by atoms with E-state index in [1.165, 1.54) is 27.8 Å². The first-order valence-electron chi connectivity index (χ1n) is 12.7. The second-order valence-corrected chi connectivity index (χ2v) is 12.6. The van der Waals surface area contributed by atoms with E-state index in [0.29, 0.717) is 23.0 Å². The number of rotatable bonds is 6. The Morgan fingerprint density at radius 1 is 1.05 bits per heavy atom. The van der Waals surface area contributed by atoms with Gasteiger partial charge >= 0.3 is 0 Å². The summed E-state index contributed by atoms with van der Waals surface area (Å²) in [5, 5.41) is 0.557. The molecule has 3 aromatic carbocycles. The predicted octanol–water partition coefficient (Wildman–Crippen LogP) is 6.49. The number of carbonyl (C=O) groups is 1. The maximum Gasteiger partial charge on any atom is 0.264 e. The normalized spacial score (nSPS) is 13.4. The average Bonchev–Trinajstić information content (AvgIpc) is 3.61. The molecule has 0 unspecified atom stereocenters. The molecule has 2 aromatic heterocycles. The number of aryl methyl sites for hydroxylation is 3. The third-order valence-corrected chi connectivity index (χ3v) is 9.99. The lowest BCUT2D eigenvalue weighted by molar-refractivity contribution is 0.0983. The molecule has 1 amide bonds. The lowest BCUT2D eigenvalue weighted by Gasteiger charge is -2.30. The minimum absolute atomic E-state index is 0.152. The highest BCUT2D eigenvalue weighted by molar-refractivity contribution is 7.92. The highest BCUT2D eigenvalue weighted by atomic mass is 32.2. The van der Waals surface area contributed by atoms with Gasteiger partial charge < -0.3 is 4.42 Å². The summed E-state index contributed by atoms with van der Waals surface area (Å²) in [6, 6.07) is 21.5. The standard InChI is InChI=1S/C30H27N3O4S2/c1-20-17-21(2)28-26(18-20)31-30(38-28)32(19-24-9-6-16-37-24)29(34)23-11-13-25(14-12-23)39(35,36)33-15-5-8-22-7-3-4-10-27(22)33/h3-4,6-7,9-14,16-18H,5,8,15,19H2,1-2H3. The minimum atomic E-state index is -3.77. The van der Waals surface area contributed by atoms with Crippen LogP contribution in [0.3, 0.4) is 0 Å². The van der Waals surface area contributed by atoms with Crippen molar-refractivity contribution in [1.29, 1.82) is 0 Å². The van der Waals surface area contributed by atoms with Crippen LogP contribution in [0.5, 0.6) is 0 Å². The first kappa shape index (κ1) is 25.3. The fourth-order valence-electron chi connectivity index (χ4n) is 5.07. The molecule has 0 spiro atoms. The zero-order chi connectivity index (χ0) is 27.1. The summed E-state index contributed by atoms with van der Waals surface area (Å²) in [7, 11) is -3.77. The summed E-state index contributed by atoms with van der Waals surface area (Å²) in [6.45, 7) is 4.69. The molecule has 0 saturated carbocycles. The summed E-state index contributed by atoms with van der Waals surface area (Å²) >= 11 is 1.45. The number of furan rings is 1. The van der Waals surface area contributed by atoms with Crippen molar-refractivity contribution in [3.63, 3.8) is 0 Å². The van der Waals surface area contributed by atoms with Crippen LogP contribution in [0, 0.1) is 13.8 Å². The number of thiazole rings is 1. The molecule has 0 saturated heterocycles. The number of nitrogens with zero attached hydrogens (tertiary/aromatic N) is 3. The van der Waals surface area contributed by atoms with Crippen LogP contribution in [0.1, 0.15) is 39.2 Å². The molecule has 0 N–H and O–H groups in total. The quantitative estimate of drug-likeness (QED) is 0.238. The van der Waals surface area contributed by atoms with Crippen LogP contribution in [0.15, 0.2) is 88.4 Å². The molecule has 0 atom stereocenters. The third kappa shape index (κ3) is 4.72. The van der Waals surface area contributed by atoms with Gasteiger partial charge in [0, 0.05) is 12.1 Å². The van der Waals surface area contributed by atoms with Gasteiger partial charge in [0.05, 0.1) is 33.6 Å². The molecule has 5 aromatic rings. The Labute approximate surface area is 231 Å². The molecule has 0 bridgehead atoms. The lowest BCUT2D eigenvalue weighted by Crippen LogP contribution is -2.35. The van der Waals surface area contributed by atoms with Crippen molar-refractivity contribution in [3.05, 3.63) is 107 Å². The van der Waals surface area contributed by atoms with Crippen molar-refractivity contribution in [2.75, 3.05) is 15.7 Å². The Morgan fingerprint density at radius 2 is 1.85 bits per heavy atom. The van der Waals surface area contributed by atoms with Gasteiger partial charge in [-0.05, 0) is 91.9 Å². The first-order valence-corrected chi connectivity index (χ1v) is 15.0. The van der Waals surface area contributed by atoms with Crippen LogP contribution in [0.4, 0.5) is 10.8 Å². The van der Waals surface area contributed by atoms with Gasteiger partial charge in [-0.2, -0.15) is 0 Å². The van der Waals surface area contributed by atoms with E-state index in [2.05, 4.69) is 6.07 Å². The molecule has 0 aliphatic carbocycles. The van der Waals surface area contributed by atoms with Crippen molar-refractivity contribution in [2.24, 2.45) is 0 Å². The van der Waals surface area contributed by atoms with E-state index in [4.69, 9.17) is 9.40 Å². The van der Waals surface area contributed by atoms with E-state index in [0.717, 1.165) is 45.4 Å². The minimum Gasteiger partial charge on any atom is -0.467 e. The smallest absolute Gasteiger partial charge is 0.264 e. The zero-order valence-corrected chi connectivity index (χ0v) is 23.3. The Bertz CT molecular complexity index is 1780. The van der Waals surface area contributed by atoms with Crippen LogP contribution in [0.25, 0.3) is 10.2 Å².